The molecule has 3 rings (SSSR count). The molecule has 2 nitrogen and oxygen atoms in total. The quantitative estimate of drug-likeness (QED) is 0.896. The third-order valence-corrected chi connectivity index (χ3v) is 5.32. The van der Waals surface area contributed by atoms with E-state index >= 15 is 0 Å². The number of halogens is 1. The molecule has 19 heavy (non-hydrogen) atoms. The fourth-order valence-electron chi connectivity index (χ4n) is 3.48. The molecule has 104 valence electrons. The highest BCUT2D eigenvalue weighted by Crippen LogP contribution is 2.34. The van der Waals surface area contributed by atoms with Crippen LogP contribution in [0.15, 0.2) is 22.7 Å². The van der Waals surface area contributed by atoms with E-state index in [1.54, 1.807) is 0 Å². The highest BCUT2D eigenvalue weighted by molar-refractivity contribution is 9.10. The standard InChI is InChI=1S/C16H23BrN2/c1-11-9-14(7-8-19(11)2)18-16-6-3-12-10-13(17)4-5-15(12)16/h4-5,10-11,14,16,18H,3,6-9H2,1-2H3. The molecule has 1 aliphatic carbocycles. The summed E-state index contributed by atoms with van der Waals surface area (Å²) < 4.78 is 1.21. The molecule has 3 heteroatoms. The topological polar surface area (TPSA) is 15.3 Å². The molecular weight excluding hydrogens is 300 g/mol. The van der Waals surface area contributed by atoms with Crippen molar-refractivity contribution in [3.63, 3.8) is 0 Å². The van der Waals surface area contributed by atoms with E-state index in [9.17, 15) is 0 Å². The molecule has 1 aromatic carbocycles. The zero-order valence-corrected chi connectivity index (χ0v) is 13.4. The van der Waals surface area contributed by atoms with Crippen LogP contribution in [0.25, 0.3) is 0 Å². The van der Waals surface area contributed by atoms with Gasteiger partial charge in [-0.05, 0) is 69.5 Å². The average Bonchev–Trinajstić information content (AvgIpc) is 2.76. The predicted octanol–water partition coefficient (Wildman–Crippen LogP) is 3.51. The molecule has 0 bridgehead atoms. The minimum Gasteiger partial charge on any atom is -0.307 e. The lowest BCUT2D eigenvalue weighted by atomic mass is 9.97. The summed E-state index contributed by atoms with van der Waals surface area (Å²) in [4.78, 5) is 2.47. The number of rotatable bonds is 2. The van der Waals surface area contributed by atoms with E-state index in [1.807, 2.05) is 0 Å². The minimum absolute atomic E-state index is 0.573. The number of hydrogen-bond donors (Lipinski definition) is 1. The maximum atomic E-state index is 3.90. The van der Waals surface area contributed by atoms with Gasteiger partial charge in [0.15, 0.2) is 0 Å². The summed E-state index contributed by atoms with van der Waals surface area (Å²) in [5.41, 5.74) is 3.04. The first-order chi connectivity index (χ1) is 9.13. The van der Waals surface area contributed by atoms with Crippen LogP contribution in [0.4, 0.5) is 0 Å². The summed E-state index contributed by atoms with van der Waals surface area (Å²) in [7, 11) is 2.24. The second kappa shape index (κ2) is 5.55. The Morgan fingerprint density at radius 3 is 2.95 bits per heavy atom. The van der Waals surface area contributed by atoms with E-state index < -0.39 is 0 Å². The highest BCUT2D eigenvalue weighted by Gasteiger charge is 2.28. The van der Waals surface area contributed by atoms with Crippen molar-refractivity contribution in [2.75, 3.05) is 13.6 Å². The summed E-state index contributed by atoms with van der Waals surface area (Å²) in [5.74, 6) is 0. The summed E-state index contributed by atoms with van der Waals surface area (Å²) in [6, 6.07) is 8.72. The summed E-state index contributed by atoms with van der Waals surface area (Å²) in [6.45, 7) is 3.56. The number of likely N-dealkylation sites (tertiary alicyclic amines) is 1. The van der Waals surface area contributed by atoms with Gasteiger partial charge in [-0.2, -0.15) is 0 Å². The van der Waals surface area contributed by atoms with Crippen LogP contribution in [0.2, 0.25) is 0 Å². The van der Waals surface area contributed by atoms with Gasteiger partial charge in [0, 0.05) is 22.6 Å². The van der Waals surface area contributed by atoms with Gasteiger partial charge >= 0.3 is 0 Å². The van der Waals surface area contributed by atoms with Gasteiger partial charge in [-0.25, -0.2) is 0 Å². The van der Waals surface area contributed by atoms with Crippen LogP contribution >= 0.6 is 15.9 Å². The van der Waals surface area contributed by atoms with Gasteiger partial charge in [-0.3, -0.25) is 0 Å². The van der Waals surface area contributed by atoms with E-state index in [2.05, 4.69) is 58.3 Å². The molecule has 1 fully saturated rings. The molecule has 3 atom stereocenters. The van der Waals surface area contributed by atoms with Gasteiger partial charge in [0.25, 0.3) is 0 Å². The van der Waals surface area contributed by atoms with Gasteiger partial charge in [0.1, 0.15) is 0 Å². The van der Waals surface area contributed by atoms with Crippen LogP contribution in [-0.4, -0.2) is 30.6 Å². The Bertz CT molecular complexity index is 460. The molecule has 0 amide bonds. The normalized spacial score (nSPS) is 31.4. The molecule has 0 aromatic heterocycles. The number of fused-ring (bicyclic) bond motifs is 1. The van der Waals surface area contributed by atoms with Crippen molar-refractivity contribution in [1.29, 1.82) is 0 Å². The molecule has 1 aromatic rings. The smallest absolute Gasteiger partial charge is 0.0328 e. The van der Waals surface area contributed by atoms with Crippen molar-refractivity contribution in [3.8, 4) is 0 Å². The van der Waals surface area contributed by atoms with Crippen LogP contribution in [0.5, 0.6) is 0 Å². The maximum absolute atomic E-state index is 3.90. The van der Waals surface area contributed by atoms with E-state index in [0.717, 1.165) is 0 Å². The molecule has 1 saturated heterocycles. The minimum atomic E-state index is 0.573. The second-order valence-electron chi connectivity index (χ2n) is 6.15. The van der Waals surface area contributed by atoms with E-state index in [4.69, 9.17) is 0 Å². The molecule has 0 radical (unpaired) electrons. The van der Waals surface area contributed by atoms with E-state index in [1.165, 1.54) is 47.8 Å². The number of nitrogens with one attached hydrogen (secondary N) is 1. The molecule has 1 heterocycles. The van der Waals surface area contributed by atoms with Gasteiger partial charge < -0.3 is 10.2 Å². The fraction of sp³-hybridized carbons (Fsp3) is 0.625. The Hall–Kier alpha value is -0.380. The van der Waals surface area contributed by atoms with Crippen LogP contribution < -0.4 is 5.32 Å². The number of piperidine rings is 1. The Balaban J connectivity index is 1.66. The predicted molar refractivity (Wildman–Crippen MR) is 83.5 cm³/mol. The van der Waals surface area contributed by atoms with Crippen LogP contribution in [0, 0.1) is 0 Å². The zero-order chi connectivity index (χ0) is 13.4. The van der Waals surface area contributed by atoms with Crippen LogP contribution in [0.1, 0.15) is 43.4 Å². The number of nitrogens with zero attached hydrogens (tertiary/aromatic N) is 1. The third-order valence-electron chi connectivity index (χ3n) is 4.83. The fourth-order valence-corrected chi connectivity index (χ4v) is 3.89. The average molecular weight is 323 g/mol. The lowest BCUT2D eigenvalue weighted by molar-refractivity contribution is 0.162. The molecule has 2 aliphatic rings. The van der Waals surface area contributed by atoms with Crippen molar-refractivity contribution < 1.29 is 0 Å². The van der Waals surface area contributed by atoms with Crippen molar-refractivity contribution >= 4 is 15.9 Å². The monoisotopic (exact) mass is 322 g/mol. The van der Waals surface area contributed by atoms with Crippen molar-refractivity contribution in [2.45, 2.75) is 50.7 Å². The molecular formula is C16H23BrN2. The first kappa shape index (κ1) is 13.6. The SMILES string of the molecule is CC1CC(NC2CCc3cc(Br)ccc32)CCN1C. The Morgan fingerprint density at radius 2 is 2.16 bits per heavy atom. The molecule has 1 N–H and O–H groups in total. The number of hydrogen-bond acceptors (Lipinski definition) is 2. The van der Waals surface area contributed by atoms with Crippen molar-refractivity contribution in [1.82, 2.24) is 10.2 Å². The number of benzene rings is 1. The van der Waals surface area contributed by atoms with Gasteiger partial charge in [-0.15, -0.1) is 0 Å². The first-order valence-corrected chi connectivity index (χ1v) is 8.17. The molecule has 1 aliphatic heterocycles. The Kier molecular flexibility index (Phi) is 3.97. The lowest BCUT2D eigenvalue weighted by Crippen LogP contribution is -2.46. The van der Waals surface area contributed by atoms with E-state index in [0.29, 0.717) is 18.1 Å². The van der Waals surface area contributed by atoms with Crippen LogP contribution in [0.3, 0.4) is 0 Å². The van der Waals surface area contributed by atoms with Gasteiger partial charge in [0.05, 0.1) is 0 Å². The molecule has 0 spiro atoms. The number of aryl methyl sites for hydroxylation is 1. The first-order valence-electron chi connectivity index (χ1n) is 7.38. The second-order valence-corrected chi connectivity index (χ2v) is 7.07. The third kappa shape index (κ3) is 2.88. The summed E-state index contributed by atoms with van der Waals surface area (Å²) in [6.07, 6.45) is 5.03. The van der Waals surface area contributed by atoms with Gasteiger partial charge in [0.2, 0.25) is 0 Å². The van der Waals surface area contributed by atoms with Crippen molar-refractivity contribution in [2.24, 2.45) is 0 Å². The molecule has 0 saturated carbocycles. The molecule has 3 unspecified atom stereocenters. The zero-order valence-electron chi connectivity index (χ0n) is 11.8. The van der Waals surface area contributed by atoms with E-state index in [-0.39, 0.29) is 0 Å². The lowest BCUT2D eigenvalue weighted by Gasteiger charge is -2.36. The highest BCUT2D eigenvalue weighted by atomic mass is 79.9. The maximum Gasteiger partial charge on any atom is 0.0328 e. The summed E-state index contributed by atoms with van der Waals surface area (Å²) >= 11 is 3.57. The Labute approximate surface area is 124 Å². The largest absolute Gasteiger partial charge is 0.307 e. The summed E-state index contributed by atoms with van der Waals surface area (Å²) in [5, 5.41) is 3.90. The van der Waals surface area contributed by atoms with Crippen molar-refractivity contribution in [3.05, 3.63) is 33.8 Å². The Morgan fingerprint density at radius 1 is 1.32 bits per heavy atom. The van der Waals surface area contributed by atoms with Crippen LogP contribution in [-0.2, 0) is 6.42 Å². The van der Waals surface area contributed by atoms with Gasteiger partial charge in [-0.1, -0.05) is 22.0 Å².